The molecule has 0 aliphatic carbocycles. The topological polar surface area (TPSA) is 62.3 Å². The van der Waals surface area contributed by atoms with Crippen LogP contribution in [0.1, 0.15) is 27.1 Å². The molecule has 0 saturated carbocycles. The number of fused-ring (bicyclic) bond motifs is 1. The van der Waals surface area contributed by atoms with Crippen LogP contribution in [-0.4, -0.2) is 68.7 Å². The Labute approximate surface area is 170 Å². The maximum absolute atomic E-state index is 12.9. The number of carbonyl (C=O) groups excluding carboxylic acids is 2. The quantitative estimate of drug-likeness (QED) is 0.799. The predicted octanol–water partition coefficient (Wildman–Crippen LogP) is 2.47. The molecule has 2 aromatic carbocycles. The minimum Gasteiger partial charge on any atom is -0.454 e. The molecule has 0 bridgehead atoms. The van der Waals surface area contributed by atoms with Crippen LogP contribution in [0.2, 0.25) is 0 Å². The Kier molecular flexibility index (Phi) is 5.29. The van der Waals surface area contributed by atoms with Gasteiger partial charge >= 0.3 is 0 Å². The number of benzene rings is 2. The highest BCUT2D eigenvalue weighted by atomic mass is 16.7. The molecule has 2 heterocycles. The molecule has 2 aliphatic rings. The van der Waals surface area contributed by atoms with Crippen LogP contribution in [0.25, 0.3) is 0 Å². The summed E-state index contributed by atoms with van der Waals surface area (Å²) in [5.41, 5.74) is 2.30. The zero-order valence-corrected chi connectivity index (χ0v) is 16.8. The summed E-state index contributed by atoms with van der Waals surface area (Å²) in [5, 5.41) is 0. The third-order valence-electron chi connectivity index (χ3n) is 5.32. The summed E-state index contributed by atoms with van der Waals surface area (Å²) in [7, 11) is 3.94. The lowest BCUT2D eigenvalue weighted by Gasteiger charge is -2.22. The lowest BCUT2D eigenvalue weighted by atomic mass is 10.1. The molecule has 7 heteroatoms. The van der Waals surface area contributed by atoms with E-state index in [-0.39, 0.29) is 18.6 Å². The summed E-state index contributed by atoms with van der Waals surface area (Å²) >= 11 is 0. The number of hydrogen-bond acceptors (Lipinski definition) is 5. The number of nitrogens with zero attached hydrogens (tertiary/aromatic N) is 3. The summed E-state index contributed by atoms with van der Waals surface area (Å²) in [6.45, 7) is 2.47. The summed E-state index contributed by atoms with van der Waals surface area (Å²) in [6.07, 6.45) is 0.748. The Morgan fingerprint density at radius 2 is 1.38 bits per heavy atom. The molecule has 2 amide bonds. The number of carbonyl (C=O) groups is 2. The van der Waals surface area contributed by atoms with E-state index in [1.54, 1.807) is 23.1 Å². The van der Waals surface area contributed by atoms with E-state index in [4.69, 9.17) is 9.47 Å². The zero-order chi connectivity index (χ0) is 20.4. The van der Waals surface area contributed by atoms with Gasteiger partial charge in [0.1, 0.15) is 0 Å². The van der Waals surface area contributed by atoms with Crippen molar-refractivity contribution in [2.24, 2.45) is 0 Å². The Hall–Kier alpha value is -3.22. The normalized spacial score (nSPS) is 15.8. The highest BCUT2D eigenvalue weighted by Crippen LogP contribution is 2.32. The molecule has 0 N–H and O–H groups in total. The molecule has 0 aromatic heterocycles. The maximum Gasteiger partial charge on any atom is 0.254 e. The van der Waals surface area contributed by atoms with Gasteiger partial charge in [-0.3, -0.25) is 9.59 Å². The van der Waals surface area contributed by atoms with E-state index in [1.165, 1.54) is 0 Å². The van der Waals surface area contributed by atoms with E-state index < -0.39 is 0 Å². The summed E-state index contributed by atoms with van der Waals surface area (Å²) in [6, 6.07) is 12.9. The van der Waals surface area contributed by atoms with Crippen LogP contribution < -0.4 is 14.4 Å². The first-order valence-electron chi connectivity index (χ1n) is 9.78. The Morgan fingerprint density at radius 1 is 0.793 bits per heavy atom. The van der Waals surface area contributed by atoms with Crippen LogP contribution in [-0.2, 0) is 0 Å². The Bertz CT molecular complexity index is 911. The molecule has 0 radical (unpaired) electrons. The third-order valence-corrected chi connectivity index (χ3v) is 5.32. The van der Waals surface area contributed by atoms with E-state index >= 15 is 0 Å². The highest BCUT2D eigenvalue weighted by Gasteiger charge is 2.25. The van der Waals surface area contributed by atoms with Crippen molar-refractivity contribution in [1.29, 1.82) is 0 Å². The summed E-state index contributed by atoms with van der Waals surface area (Å²) < 4.78 is 10.7. The molecule has 1 saturated heterocycles. The lowest BCUT2D eigenvalue weighted by Crippen LogP contribution is -2.37. The van der Waals surface area contributed by atoms with Crippen molar-refractivity contribution >= 4 is 17.5 Å². The second-order valence-corrected chi connectivity index (χ2v) is 7.45. The molecule has 4 rings (SSSR count). The van der Waals surface area contributed by atoms with Gasteiger partial charge in [0.15, 0.2) is 11.5 Å². The van der Waals surface area contributed by atoms with Gasteiger partial charge in [-0.15, -0.1) is 0 Å². The third kappa shape index (κ3) is 3.99. The van der Waals surface area contributed by atoms with Gasteiger partial charge in [-0.05, 0) is 48.9 Å². The van der Waals surface area contributed by atoms with E-state index in [1.807, 2.05) is 48.2 Å². The SMILES string of the molecule is CN(C)c1ccc(C(=O)N2CCCN(C(=O)c3ccc4c(c3)OCO4)CC2)cc1. The fourth-order valence-corrected chi connectivity index (χ4v) is 3.62. The van der Waals surface area contributed by atoms with Gasteiger partial charge in [0.25, 0.3) is 11.8 Å². The molecule has 29 heavy (non-hydrogen) atoms. The molecule has 0 atom stereocenters. The Morgan fingerprint density at radius 3 is 2.03 bits per heavy atom. The van der Waals surface area contributed by atoms with Gasteiger partial charge in [0.2, 0.25) is 6.79 Å². The Balaban J connectivity index is 1.41. The first-order valence-corrected chi connectivity index (χ1v) is 9.78. The molecule has 2 aromatic rings. The standard InChI is InChI=1S/C22H25N3O4/c1-23(2)18-7-4-16(5-8-18)21(26)24-10-3-11-25(13-12-24)22(27)17-6-9-19-20(14-17)29-15-28-19/h4-9,14H,3,10-13,15H2,1-2H3. The first-order chi connectivity index (χ1) is 14.0. The molecule has 2 aliphatic heterocycles. The number of ether oxygens (including phenoxy) is 2. The van der Waals surface area contributed by atoms with Crippen molar-refractivity contribution in [2.75, 3.05) is 52.0 Å². The molecule has 1 fully saturated rings. The van der Waals surface area contributed by atoms with Crippen LogP contribution in [0.4, 0.5) is 5.69 Å². The molecular weight excluding hydrogens is 370 g/mol. The van der Waals surface area contributed by atoms with Gasteiger partial charge in [-0.1, -0.05) is 0 Å². The predicted molar refractivity (Wildman–Crippen MR) is 110 cm³/mol. The lowest BCUT2D eigenvalue weighted by molar-refractivity contribution is 0.0718. The second-order valence-electron chi connectivity index (χ2n) is 7.45. The van der Waals surface area contributed by atoms with E-state index in [0.717, 1.165) is 12.1 Å². The van der Waals surface area contributed by atoms with Crippen molar-refractivity contribution in [2.45, 2.75) is 6.42 Å². The molecule has 0 unspecified atom stereocenters. The van der Waals surface area contributed by atoms with Crippen molar-refractivity contribution in [3.05, 3.63) is 53.6 Å². The smallest absolute Gasteiger partial charge is 0.254 e. The fraction of sp³-hybridized carbons (Fsp3) is 0.364. The number of amides is 2. The second kappa shape index (κ2) is 8.03. The average molecular weight is 395 g/mol. The van der Waals surface area contributed by atoms with Gasteiger partial charge in [-0.25, -0.2) is 0 Å². The van der Waals surface area contributed by atoms with Crippen LogP contribution in [0, 0.1) is 0 Å². The minimum atomic E-state index is -0.0482. The van der Waals surface area contributed by atoms with Crippen molar-refractivity contribution < 1.29 is 19.1 Å². The first kappa shape index (κ1) is 19.1. The van der Waals surface area contributed by atoms with Crippen LogP contribution in [0.15, 0.2) is 42.5 Å². The van der Waals surface area contributed by atoms with Crippen LogP contribution >= 0.6 is 0 Å². The van der Waals surface area contributed by atoms with Gasteiger partial charge in [0.05, 0.1) is 0 Å². The molecule has 152 valence electrons. The van der Waals surface area contributed by atoms with Crippen molar-refractivity contribution in [3.63, 3.8) is 0 Å². The van der Waals surface area contributed by atoms with Crippen molar-refractivity contribution in [3.8, 4) is 11.5 Å². The fourth-order valence-electron chi connectivity index (χ4n) is 3.62. The van der Waals surface area contributed by atoms with Crippen LogP contribution in [0.3, 0.4) is 0 Å². The van der Waals surface area contributed by atoms with Crippen molar-refractivity contribution in [1.82, 2.24) is 9.80 Å². The highest BCUT2D eigenvalue weighted by molar-refractivity contribution is 5.96. The van der Waals surface area contributed by atoms with E-state index in [2.05, 4.69) is 0 Å². The molecule has 7 nitrogen and oxygen atoms in total. The van der Waals surface area contributed by atoms with E-state index in [0.29, 0.717) is 48.8 Å². The van der Waals surface area contributed by atoms with Gasteiger partial charge in [0, 0.05) is 57.1 Å². The molecule has 0 spiro atoms. The zero-order valence-electron chi connectivity index (χ0n) is 16.8. The van der Waals surface area contributed by atoms with Gasteiger partial charge in [-0.2, -0.15) is 0 Å². The number of rotatable bonds is 3. The summed E-state index contributed by atoms with van der Waals surface area (Å²) in [4.78, 5) is 31.4. The minimum absolute atomic E-state index is 0.00712. The largest absolute Gasteiger partial charge is 0.454 e. The number of anilines is 1. The van der Waals surface area contributed by atoms with Gasteiger partial charge < -0.3 is 24.2 Å². The monoisotopic (exact) mass is 395 g/mol. The van der Waals surface area contributed by atoms with Crippen LogP contribution in [0.5, 0.6) is 11.5 Å². The van der Waals surface area contributed by atoms with E-state index in [9.17, 15) is 9.59 Å². The maximum atomic E-state index is 12.9. The average Bonchev–Trinajstić information content (AvgIpc) is 3.07. The molecular formula is C22H25N3O4. The summed E-state index contributed by atoms with van der Waals surface area (Å²) in [5.74, 6) is 1.22. The number of hydrogen-bond donors (Lipinski definition) is 0.